The van der Waals surface area contributed by atoms with Gasteiger partial charge in [0.05, 0.1) is 36.9 Å². The smallest absolute Gasteiger partial charge is 0.255 e. The Morgan fingerprint density at radius 3 is 2.59 bits per heavy atom. The monoisotopic (exact) mass is 585 g/mol. The van der Waals surface area contributed by atoms with Gasteiger partial charge in [0.15, 0.2) is 0 Å². The molecule has 0 saturated carbocycles. The number of hydrogen-bond donors (Lipinski definition) is 1. The van der Waals surface area contributed by atoms with Crippen molar-refractivity contribution in [2.45, 2.75) is 17.2 Å². The van der Waals surface area contributed by atoms with E-state index in [9.17, 15) is 14.3 Å². The minimum absolute atomic E-state index is 0.0200. The second-order valence-electron chi connectivity index (χ2n) is 10.0. The Hall–Kier alpha value is -2.51. The van der Waals surface area contributed by atoms with Crippen LogP contribution in [-0.2, 0) is 10.8 Å². The topological polar surface area (TPSA) is 79.7 Å². The molecule has 0 radical (unpaired) electrons. The molecule has 10 heteroatoms. The molecule has 0 fully saturated rings. The average Bonchev–Trinajstić information content (AvgIpc) is 3.04. The Morgan fingerprint density at radius 2 is 1.87 bits per heavy atom. The molecular weight excluding hydrogens is 553 g/mol. The molecule has 1 aliphatic rings. The first-order chi connectivity index (χ1) is 18.7. The highest BCUT2D eigenvalue weighted by Crippen LogP contribution is 2.34. The molecule has 0 saturated heterocycles. The molecule has 206 valence electrons. The SMILES string of the molecule is CN(CCNN(C)C)CC[C@H](CN1CCS(=O)c2c(C#N)cc3ccccc3c2C1=O)c1ccc(Cl)c(Cl)c1. The fraction of sp³-hybridized carbons (Fsp3) is 0.379. The van der Waals surface area contributed by atoms with E-state index < -0.39 is 10.8 Å². The van der Waals surface area contributed by atoms with Crippen molar-refractivity contribution in [3.63, 3.8) is 0 Å². The van der Waals surface area contributed by atoms with Crippen molar-refractivity contribution in [1.82, 2.24) is 20.2 Å². The van der Waals surface area contributed by atoms with Crippen molar-refractivity contribution >= 4 is 50.7 Å². The second-order valence-corrected chi connectivity index (χ2v) is 12.3. The summed E-state index contributed by atoms with van der Waals surface area (Å²) in [5.74, 6) is 0.0572. The van der Waals surface area contributed by atoms with Gasteiger partial charge in [-0.1, -0.05) is 53.5 Å². The molecule has 0 bridgehead atoms. The van der Waals surface area contributed by atoms with Gasteiger partial charge in [0, 0.05) is 51.9 Å². The van der Waals surface area contributed by atoms with Crippen molar-refractivity contribution < 1.29 is 9.00 Å². The van der Waals surface area contributed by atoms with Gasteiger partial charge in [0.25, 0.3) is 5.91 Å². The van der Waals surface area contributed by atoms with E-state index in [0.29, 0.717) is 39.2 Å². The van der Waals surface area contributed by atoms with Gasteiger partial charge in [-0.25, -0.2) is 0 Å². The minimum Gasteiger partial charge on any atom is -0.337 e. The molecule has 3 aromatic carbocycles. The van der Waals surface area contributed by atoms with E-state index in [1.54, 1.807) is 17.0 Å². The van der Waals surface area contributed by atoms with E-state index >= 15 is 0 Å². The number of nitrogens with zero attached hydrogens (tertiary/aromatic N) is 4. The average molecular weight is 587 g/mol. The molecule has 0 aromatic heterocycles. The zero-order valence-corrected chi connectivity index (χ0v) is 24.7. The predicted molar refractivity (Wildman–Crippen MR) is 159 cm³/mol. The Kier molecular flexibility index (Phi) is 10.00. The van der Waals surface area contributed by atoms with Crippen LogP contribution in [0.4, 0.5) is 0 Å². The number of hydrazine groups is 1. The fourth-order valence-corrected chi connectivity index (χ4v) is 6.61. The number of halogens is 2. The maximum Gasteiger partial charge on any atom is 0.255 e. The standard InChI is InChI=1S/C29H33Cl2N5O2S/c1-34(2)33-11-13-35(3)12-10-22(20-8-9-25(30)26(31)17-20)19-36-14-15-39(38)28-23(18-32)16-21-6-4-5-7-24(21)27(28)29(36)37/h4-9,16-17,22,33H,10-15,19H2,1-3H3/t22-,39?/m1/s1. The van der Waals surface area contributed by atoms with Gasteiger partial charge in [0.1, 0.15) is 6.07 Å². The summed E-state index contributed by atoms with van der Waals surface area (Å²) in [4.78, 5) is 18.5. The van der Waals surface area contributed by atoms with Crippen molar-refractivity contribution in [2.24, 2.45) is 0 Å². The lowest BCUT2D eigenvalue weighted by Crippen LogP contribution is -2.38. The van der Waals surface area contributed by atoms with Crippen LogP contribution in [0.1, 0.15) is 33.8 Å². The third kappa shape index (κ3) is 6.98. The van der Waals surface area contributed by atoms with E-state index in [1.807, 2.05) is 55.5 Å². The van der Waals surface area contributed by atoms with Crippen LogP contribution in [-0.4, -0.2) is 84.5 Å². The molecule has 1 heterocycles. The fourth-order valence-electron chi connectivity index (χ4n) is 4.94. The molecule has 0 aliphatic carbocycles. The molecule has 7 nitrogen and oxygen atoms in total. The molecule has 1 amide bonds. The zero-order chi connectivity index (χ0) is 28.1. The summed E-state index contributed by atoms with van der Waals surface area (Å²) >= 11 is 12.6. The van der Waals surface area contributed by atoms with Gasteiger partial charge in [-0.2, -0.15) is 5.26 Å². The van der Waals surface area contributed by atoms with E-state index in [0.717, 1.165) is 42.4 Å². The van der Waals surface area contributed by atoms with Crippen molar-refractivity contribution in [2.75, 3.05) is 59.6 Å². The van der Waals surface area contributed by atoms with Crippen molar-refractivity contribution in [3.8, 4) is 6.07 Å². The van der Waals surface area contributed by atoms with Gasteiger partial charge in [-0.3, -0.25) is 19.4 Å². The molecule has 1 aliphatic heterocycles. The number of amides is 1. The van der Waals surface area contributed by atoms with Gasteiger partial charge < -0.3 is 9.80 Å². The molecule has 39 heavy (non-hydrogen) atoms. The van der Waals surface area contributed by atoms with Crippen LogP contribution in [0.3, 0.4) is 0 Å². The summed E-state index contributed by atoms with van der Waals surface area (Å²) in [6, 6.07) is 17.0. The number of nitrogens with one attached hydrogen (secondary N) is 1. The number of hydrogen-bond acceptors (Lipinski definition) is 6. The second kappa shape index (κ2) is 13.2. The molecule has 1 unspecified atom stereocenters. The van der Waals surface area contributed by atoms with Crippen LogP contribution in [0, 0.1) is 11.3 Å². The van der Waals surface area contributed by atoms with Crippen LogP contribution in [0.15, 0.2) is 53.4 Å². The third-order valence-corrected chi connectivity index (χ3v) is 9.21. The maximum atomic E-state index is 14.1. The highest BCUT2D eigenvalue weighted by molar-refractivity contribution is 7.85. The van der Waals surface area contributed by atoms with Gasteiger partial charge in [0.2, 0.25) is 0 Å². The largest absolute Gasteiger partial charge is 0.337 e. The summed E-state index contributed by atoms with van der Waals surface area (Å²) in [6.07, 6.45) is 0.787. The van der Waals surface area contributed by atoms with Crippen LogP contribution in [0.25, 0.3) is 10.8 Å². The summed E-state index contributed by atoms with van der Waals surface area (Å²) in [5, 5.41) is 14.2. The van der Waals surface area contributed by atoms with Crippen molar-refractivity contribution in [3.05, 3.63) is 75.3 Å². The number of benzene rings is 3. The maximum absolute atomic E-state index is 14.1. The van der Waals surface area contributed by atoms with E-state index in [-0.39, 0.29) is 17.6 Å². The van der Waals surface area contributed by atoms with Crippen LogP contribution >= 0.6 is 23.2 Å². The number of likely N-dealkylation sites (N-methyl/N-ethyl adjacent to an activating group) is 1. The van der Waals surface area contributed by atoms with E-state index in [4.69, 9.17) is 23.2 Å². The van der Waals surface area contributed by atoms with Crippen LogP contribution in [0.5, 0.6) is 0 Å². The minimum atomic E-state index is -1.47. The number of nitriles is 1. The highest BCUT2D eigenvalue weighted by atomic mass is 35.5. The molecule has 0 spiro atoms. The Labute approximate surface area is 242 Å². The van der Waals surface area contributed by atoms with Gasteiger partial charge >= 0.3 is 0 Å². The van der Waals surface area contributed by atoms with Crippen molar-refractivity contribution in [1.29, 1.82) is 5.26 Å². The van der Waals surface area contributed by atoms with E-state index in [1.165, 1.54) is 0 Å². The quantitative estimate of drug-likeness (QED) is 0.346. The molecule has 4 rings (SSSR count). The van der Waals surface area contributed by atoms with E-state index in [2.05, 4.69) is 23.4 Å². The van der Waals surface area contributed by atoms with Crippen LogP contribution < -0.4 is 5.43 Å². The van der Waals surface area contributed by atoms with Gasteiger partial charge in [-0.15, -0.1) is 0 Å². The molecular formula is C29H33Cl2N5O2S. The number of carbonyl (C=O) groups is 1. The summed E-state index contributed by atoms with van der Waals surface area (Å²) in [5.41, 5.74) is 4.95. The lowest BCUT2D eigenvalue weighted by molar-refractivity contribution is 0.0753. The van der Waals surface area contributed by atoms with Crippen LogP contribution in [0.2, 0.25) is 10.0 Å². The number of fused-ring (bicyclic) bond motifs is 3. The normalized spacial score (nSPS) is 16.4. The lowest BCUT2D eigenvalue weighted by atomic mass is 9.94. The summed E-state index contributed by atoms with van der Waals surface area (Å²) in [6.45, 7) is 3.26. The first-order valence-electron chi connectivity index (χ1n) is 12.9. The molecule has 2 atom stereocenters. The molecule has 1 N–H and O–H groups in total. The first kappa shape index (κ1) is 29.5. The Bertz CT molecular complexity index is 1420. The summed E-state index contributed by atoms with van der Waals surface area (Å²) in [7, 11) is 4.54. The Balaban J connectivity index is 1.65. The summed E-state index contributed by atoms with van der Waals surface area (Å²) < 4.78 is 13.4. The number of carbonyl (C=O) groups excluding carboxylic acids is 1. The zero-order valence-electron chi connectivity index (χ0n) is 22.4. The molecule has 3 aromatic rings. The highest BCUT2D eigenvalue weighted by Gasteiger charge is 2.32. The van der Waals surface area contributed by atoms with Gasteiger partial charge in [-0.05, 0) is 54.5 Å². The lowest BCUT2D eigenvalue weighted by Gasteiger charge is -2.29. The predicted octanol–water partition coefficient (Wildman–Crippen LogP) is 4.75. The first-order valence-corrected chi connectivity index (χ1v) is 14.9. The Morgan fingerprint density at radius 1 is 1.10 bits per heavy atom. The number of rotatable bonds is 10. The third-order valence-electron chi connectivity index (χ3n) is 7.03.